The Morgan fingerprint density at radius 3 is 3.15 bits per heavy atom. The molecule has 3 atom stereocenters. The van der Waals surface area contributed by atoms with Crippen molar-refractivity contribution in [2.45, 2.75) is 50.8 Å². The molecule has 1 saturated heterocycles. The highest BCUT2D eigenvalue weighted by atomic mass is 35.5. The molecule has 20 heavy (non-hydrogen) atoms. The number of nitrogens with zero attached hydrogens (tertiary/aromatic N) is 1. The highest BCUT2D eigenvalue weighted by Crippen LogP contribution is 2.48. The van der Waals surface area contributed by atoms with Gasteiger partial charge in [-0.25, -0.2) is 0 Å². The van der Waals surface area contributed by atoms with Gasteiger partial charge in [-0.3, -0.25) is 4.90 Å². The van der Waals surface area contributed by atoms with E-state index in [4.69, 9.17) is 22.8 Å². The van der Waals surface area contributed by atoms with Crippen molar-refractivity contribution >= 4 is 22.9 Å². The fourth-order valence-electron chi connectivity index (χ4n) is 3.62. The van der Waals surface area contributed by atoms with Crippen molar-refractivity contribution in [2.75, 3.05) is 13.2 Å². The van der Waals surface area contributed by atoms with Crippen molar-refractivity contribution in [1.29, 1.82) is 0 Å². The number of terminal acetylenes is 1. The van der Waals surface area contributed by atoms with Crippen LogP contribution in [0.5, 0.6) is 0 Å². The van der Waals surface area contributed by atoms with Gasteiger partial charge in [0.25, 0.3) is 0 Å². The van der Waals surface area contributed by atoms with Crippen LogP contribution in [0.3, 0.4) is 0 Å². The van der Waals surface area contributed by atoms with Crippen molar-refractivity contribution in [1.82, 2.24) is 4.90 Å². The van der Waals surface area contributed by atoms with Gasteiger partial charge >= 0.3 is 0 Å². The molecule has 3 rings (SSSR count). The zero-order valence-electron chi connectivity index (χ0n) is 12.0. The zero-order valence-corrected chi connectivity index (χ0v) is 13.6. The minimum atomic E-state index is -0.129. The van der Waals surface area contributed by atoms with Crippen LogP contribution in [0.15, 0.2) is 6.07 Å². The molecule has 0 saturated carbocycles. The first-order valence-corrected chi connectivity index (χ1v) is 8.40. The standard InChI is InChI=1S/C16H20ClNOS/c1-4-11(2)18-7-6-16(10-12(18)3)15-13(5-8-19-16)9-14(17)20-15/h1,9,11-12H,5-8,10H2,2-3H3. The Hall–Kier alpha value is -0.530. The average Bonchev–Trinajstić information content (AvgIpc) is 2.80. The van der Waals surface area contributed by atoms with E-state index < -0.39 is 0 Å². The van der Waals surface area contributed by atoms with Crippen molar-refractivity contribution in [3.05, 3.63) is 20.8 Å². The fraction of sp³-hybridized carbons (Fsp3) is 0.625. The number of hydrogen-bond acceptors (Lipinski definition) is 3. The molecule has 2 aliphatic heterocycles. The molecular weight excluding hydrogens is 290 g/mol. The van der Waals surface area contributed by atoms with E-state index in [1.807, 2.05) is 0 Å². The third kappa shape index (κ3) is 2.29. The first kappa shape index (κ1) is 14.4. The first-order valence-electron chi connectivity index (χ1n) is 7.20. The lowest BCUT2D eigenvalue weighted by atomic mass is 9.81. The molecule has 1 spiro atoms. The van der Waals surface area contributed by atoms with Crippen LogP contribution in [0.2, 0.25) is 4.34 Å². The largest absolute Gasteiger partial charge is 0.369 e. The normalized spacial score (nSPS) is 31.8. The van der Waals surface area contributed by atoms with Crippen LogP contribution in [0.25, 0.3) is 0 Å². The first-order chi connectivity index (χ1) is 9.55. The molecule has 1 aromatic rings. The number of halogens is 1. The number of fused-ring (bicyclic) bond motifs is 2. The molecule has 2 nitrogen and oxygen atoms in total. The number of thiophene rings is 1. The molecule has 1 fully saturated rings. The lowest BCUT2D eigenvalue weighted by Gasteiger charge is -2.48. The highest BCUT2D eigenvalue weighted by Gasteiger charge is 2.45. The minimum Gasteiger partial charge on any atom is -0.369 e. The van der Waals surface area contributed by atoms with Crippen molar-refractivity contribution < 1.29 is 4.74 Å². The third-order valence-electron chi connectivity index (χ3n) is 4.65. The summed E-state index contributed by atoms with van der Waals surface area (Å²) < 4.78 is 7.13. The second kappa shape index (κ2) is 5.35. The number of hydrogen-bond donors (Lipinski definition) is 0. The molecule has 0 aromatic carbocycles. The minimum absolute atomic E-state index is 0.129. The summed E-state index contributed by atoms with van der Waals surface area (Å²) in [6, 6.07) is 2.74. The fourth-order valence-corrected chi connectivity index (χ4v) is 5.11. The Balaban J connectivity index is 1.88. The molecular formula is C16H20ClNOS. The summed E-state index contributed by atoms with van der Waals surface area (Å²) in [6.07, 6.45) is 8.57. The molecule has 108 valence electrons. The maximum Gasteiger partial charge on any atom is 0.105 e. The molecule has 0 aliphatic carbocycles. The lowest BCUT2D eigenvalue weighted by Crippen LogP contribution is -2.52. The van der Waals surface area contributed by atoms with Gasteiger partial charge in [0, 0.05) is 17.5 Å². The molecule has 3 heterocycles. The number of piperidine rings is 1. The number of ether oxygens (including phenoxy) is 1. The van der Waals surface area contributed by atoms with Gasteiger partial charge in [0.15, 0.2) is 0 Å². The van der Waals surface area contributed by atoms with Crippen LogP contribution in [0, 0.1) is 12.3 Å². The van der Waals surface area contributed by atoms with E-state index in [1.165, 1.54) is 10.4 Å². The predicted molar refractivity (Wildman–Crippen MR) is 84.4 cm³/mol. The van der Waals surface area contributed by atoms with Gasteiger partial charge in [-0.15, -0.1) is 17.8 Å². The molecule has 4 heteroatoms. The Labute approximate surface area is 130 Å². The Morgan fingerprint density at radius 1 is 1.65 bits per heavy atom. The third-order valence-corrected chi connectivity index (χ3v) is 6.14. The Bertz CT molecular complexity index is 549. The van der Waals surface area contributed by atoms with E-state index in [2.05, 4.69) is 30.7 Å². The van der Waals surface area contributed by atoms with Crippen LogP contribution in [-0.2, 0) is 16.8 Å². The van der Waals surface area contributed by atoms with Crippen LogP contribution in [0.4, 0.5) is 0 Å². The molecule has 0 bridgehead atoms. The maximum absolute atomic E-state index is 6.25. The van der Waals surface area contributed by atoms with Gasteiger partial charge in [-0.05, 0) is 44.7 Å². The van der Waals surface area contributed by atoms with E-state index >= 15 is 0 Å². The van der Waals surface area contributed by atoms with Gasteiger partial charge in [-0.2, -0.15) is 0 Å². The van der Waals surface area contributed by atoms with Crippen LogP contribution >= 0.6 is 22.9 Å². The Morgan fingerprint density at radius 2 is 2.45 bits per heavy atom. The summed E-state index contributed by atoms with van der Waals surface area (Å²) in [6.45, 7) is 6.14. The van der Waals surface area contributed by atoms with Crippen LogP contribution in [-0.4, -0.2) is 30.1 Å². The predicted octanol–water partition coefficient (Wildman–Crippen LogP) is 3.68. The summed E-state index contributed by atoms with van der Waals surface area (Å²) in [5.74, 6) is 2.85. The summed E-state index contributed by atoms with van der Waals surface area (Å²) >= 11 is 7.91. The van der Waals surface area contributed by atoms with E-state index in [0.29, 0.717) is 6.04 Å². The lowest BCUT2D eigenvalue weighted by molar-refractivity contribution is -0.111. The molecule has 0 radical (unpaired) electrons. The van der Waals surface area contributed by atoms with Gasteiger partial charge in [-0.1, -0.05) is 17.5 Å². The summed E-state index contributed by atoms with van der Waals surface area (Å²) in [5.41, 5.74) is 1.26. The molecule has 0 amide bonds. The van der Waals surface area contributed by atoms with Crippen molar-refractivity contribution in [3.8, 4) is 12.3 Å². The SMILES string of the molecule is C#CC(C)N1CCC2(CC1C)OCCc1cc(Cl)sc12. The second-order valence-corrected chi connectivity index (χ2v) is 7.56. The smallest absolute Gasteiger partial charge is 0.105 e. The molecule has 0 N–H and O–H groups in total. The average molecular weight is 310 g/mol. The van der Waals surface area contributed by atoms with E-state index in [1.54, 1.807) is 11.3 Å². The highest BCUT2D eigenvalue weighted by molar-refractivity contribution is 7.16. The number of rotatable bonds is 1. The molecule has 2 aliphatic rings. The maximum atomic E-state index is 6.25. The van der Waals surface area contributed by atoms with Gasteiger partial charge in [0.1, 0.15) is 5.60 Å². The van der Waals surface area contributed by atoms with E-state index in [-0.39, 0.29) is 11.6 Å². The van der Waals surface area contributed by atoms with Crippen LogP contribution in [0.1, 0.15) is 37.1 Å². The van der Waals surface area contributed by atoms with E-state index in [0.717, 1.165) is 36.8 Å². The zero-order chi connectivity index (χ0) is 14.3. The van der Waals surface area contributed by atoms with Gasteiger partial charge in [0.2, 0.25) is 0 Å². The Kier molecular flexibility index (Phi) is 3.85. The van der Waals surface area contributed by atoms with Crippen LogP contribution < -0.4 is 0 Å². The van der Waals surface area contributed by atoms with Crippen molar-refractivity contribution in [3.63, 3.8) is 0 Å². The monoisotopic (exact) mass is 309 g/mol. The number of likely N-dealkylation sites (tertiary alicyclic amines) is 1. The summed E-state index contributed by atoms with van der Waals surface area (Å²) in [5, 5.41) is 0. The molecule has 3 unspecified atom stereocenters. The van der Waals surface area contributed by atoms with E-state index in [9.17, 15) is 0 Å². The van der Waals surface area contributed by atoms with Crippen molar-refractivity contribution in [2.24, 2.45) is 0 Å². The quantitative estimate of drug-likeness (QED) is 0.734. The second-order valence-electron chi connectivity index (χ2n) is 5.88. The summed E-state index contributed by atoms with van der Waals surface area (Å²) in [7, 11) is 0. The molecule has 1 aromatic heterocycles. The van der Waals surface area contributed by atoms with Gasteiger partial charge in [0.05, 0.1) is 17.0 Å². The topological polar surface area (TPSA) is 12.5 Å². The van der Waals surface area contributed by atoms with Gasteiger partial charge < -0.3 is 4.74 Å². The summed E-state index contributed by atoms with van der Waals surface area (Å²) in [4.78, 5) is 3.76.